The summed E-state index contributed by atoms with van der Waals surface area (Å²) >= 11 is 0. The molecule has 0 bridgehead atoms. The van der Waals surface area contributed by atoms with Gasteiger partial charge in [-0.05, 0) is 42.2 Å². The summed E-state index contributed by atoms with van der Waals surface area (Å²) in [5.74, 6) is 0. The predicted octanol–water partition coefficient (Wildman–Crippen LogP) is 3.70. The van der Waals surface area contributed by atoms with E-state index in [4.69, 9.17) is 0 Å². The van der Waals surface area contributed by atoms with Crippen LogP contribution in [0.25, 0.3) is 10.8 Å². The first-order valence-electron chi connectivity index (χ1n) is 6.92. The highest BCUT2D eigenvalue weighted by molar-refractivity contribution is 7.83. The van der Waals surface area contributed by atoms with Gasteiger partial charge in [-0.2, -0.15) is 0 Å². The highest BCUT2D eigenvalue weighted by Crippen LogP contribution is 2.25. The van der Waals surface area contributed by atoms with Crippen LogP contribution in [0.4, 0.5) is 0 Å². The molecule has 0 radical (unpaired) electrons. The molecule has 1 unspecified atom stereocenters. The summed E-state index contributed by atoms with van der Waals surface area (Å²) < 4.78 is 15.8. The molecule has 0 saturated heterocycles. The van der Waals surface area contributed by atoms with Crippen molar-refractivity contribution in [3.63, 3.8) is 0 Å². The molecule has 0 aromatic heterocycles. The Balaban J connectivity index is 1.95. The number of hydrogen-bond donors (Lipinski definition) is 1. The van der Waals surface area contributed by atoms with Gasteiger partial charge in [0.1, 0.15) is 11.0 Å². The number of nitrogens with one attached hydrogen (secondary N) is 1. The fourth-order valence-electron chi connectivity index (χ4n) is 2.84. The monoisotopic (exact) mass is 273 g/mol. The summed E-state index contributed by atoms with van der Waals surface area (Å²) in [6, 6.07) is 12.7. The van der Waals surface area contributed by atoms with Crippen LogP contribution in [-0.2, 0) is 11.0 Å². The van der Waals surface area contributed by atoms with Crippen molar-refractivity contribution in [2.75, 3.05) is 0 Å². The van der Waals surface area contributed by atoms with Gasteiger partial charge in [0.15, 0.2) is 0 Å². The lowest BCUT2D eigenvalue weighted by Gasteiger charge is -2.13. The van der Waals surface area contributed by atoms with E-state index in [0.29, 0.717) is 6.04 Å². The Morgan fingerprint density at radius 1 is 1.05 bits per heavy atom. The third kappa shape index (κ3) is 2.58. The second-order valence-electron chi connectivity index (χ2n) is 5.29. The van der Waals surface area contributed by atoms with E-state index in [9.17, 15) is 4.21 Å². The molecule has 0 aliphatic heterocycles. The average molecular weight is 273 g/mol. The van der Waals surface area contributed by atoms with E-state index in [1.54, 1.807) is 0 Å². The van der Waals surface area contributed by atoms with Crippen molar-refractivity contribution in [1.82, 2.24) is 4.72 Å². The maximum Gasteiger partial charge on any atom is 0.125 e. The molecule has 1 atom stereocenters. The molecule has 2 aromatic rings. The summed E-state index contributed by atoms with van der Waals surface area (Å²) in [4.78, 5) is 0.910. The van der Waals surface area contributed by atoms with E-state index in [2.05, 4.69) is 29.8 Å². The summed E-state index contributed by atoms with van der Waals surface area (Å²) in [5.41, 5.74) is 1.23. The van der Waals surface area contributed by atoms with E-state index < -0.39 is 11.0 Å². The van der Waals surface area contributed by atoms with Crippen molar-refractivity contribution < 1.29 is 4.21 Å². The Morgan fingerprint density at radius 3 is 2.47 bits per heavy atom. The lowest BCUT2D eigenvalue weighted by atomic mass is 10.1. The fraction of sp³-hybridized carbons (Fsp3) is 0.375. The van der Waals surface area contributed by atoms with Crippen LogP contribution in [0.1, 0.15) is 31.2 Å². The third-order valence-corrected chi connectivity index (χ3v) is 5.23. The lowest BCUT2D eigenvalue weighted by Crippen LogP contribution is -2.28. The van der Waals surface area contributed by atoms with Gasteiger partial charge >= 0.3 is 0 Å². The molecule has 1 aliphatic carbocycles. The third-order valence-electron chi connectivity index (χ3n) is 3.93. The minimum absolute atomic E-state index is 0.417. The quantitative estimate of drug-likeness (QED) is 0.907. The van der Waals surface area contributed by atoms with Gasteiger partial charge in [0.05, 0.1) is 4.90 Å². The SMILES string of the molecule is Cc1ccc(S(=O)NC2CCCC2)c2ccccc12. The second kappa shape index (κ2) is 5.43. The molecule has 0 spiro atoms. The smallest absolute Gasteiger partial charge is 0.125 e. The first-order valence-corrected chi connectivity index (χ1v) is 8.07. The summed E-state index contributed by atoms with van der Waals surface area (Å²) in [7, 11) is -1.11. The van der Waals surface area contributed by atoms with Crippen LogP contribution in [0, 0.1) is 6.92 Å². The van der Waals surface area contributed by atoms with Crippen molar-refractivity contribution in [2.45, 2.75) is 43.5 Å². The standard InChI is InChI=1S/C16H19NOS/c1-12-10-11-16(15-9-5-4-8-14(12)15)19(18)17-13-6-2-3-7-13/h4-5,8-11,13,17H,2-3,6-7H2,1H3. The Morgan fingerprint density at radius 2 is 1.74 bits per heavy atom. The molecular weight excluding hydrogens is 254 g/mol. The molecule has 1 aliphatic rings. The highest BCUT2D eigenvalue weighted by Gasteiger charge is 2.18. The van der Waals surface area contributed by atoms with Gasteiger partial charge in [-0.3, -0.25) is 0 Å². The molecule has 3 heteroatoms. The highest BCUT2D eigenvalue weighted by atomic mass is 32.2. The maximum atomic E-state index is 12.5. The van der Waals surface area contributed by atoms with Gasteiger partial charge < -0.3 is 0 Å². The minimum atomic E-state index is -1.11. The Labute approximate surface area is 116 Å². The van der Waals surface area contributed by atoms with Crippen molar-refractivity contribution >= 4 is 21.8 Å². The molecule has 3 rings (SSSR count). The maximum absolute atomic E-state index is 12.5. The molecule has 2 nitrogen and oxygen atoms in total. The zero-order valence-corrected chi connectivity index (χ0v) is 12.0. The van der Waals surface area contributed by atoms with Gasteiger partial charge in [0.25, 0.3) is 0 Å². The van der Waals surface area contributed by atoms with Crippen LogP contribution in [-0.4, -0.2) is 10.3 Å². The fourth-order valence-corrected chi connectivity index (χ4v) is 4.08. The first-order chi connectivity index (χ1) is 9.25. The van der Waals surface area contributed by atoms with Crippen LogP contribution in [0.5, 0.6) is 0 Å². The molecule has 0 amide bonds. The van der Waals surface area contributed by atoms with E-state index >= 15 is 0 Å². The summed E-state index contributed by atoms with van der Waals surface area (Å²) in [6.07, 6.45) is 4.80. The molecule has 19 heavy (non-hydrogen) atoms. The first kappa shape index (κ1) is 12.8. The number of hydrogen-bond acceptors (Lipinski definition) is 1. The molecular formula is C16H19NOS. The molecule has 1 N–H and O–H groups in total. The molecule has 0 heterocycles. The van der Waals surface area contributed by atoms with E-state index in [0.717, 1.165) is 23.1 Å². The number of aryl methyl sites for hydroxylation is 1. The van der Waals surface area contributed by atoms with E-state index in [1.807, 2.05) is 18.2 Å². The van der Waals surface area contributed by atoms with Crippen LogP contribution in [0.2, 0.25) is 0 Å². The van der Waals surface area contributed by atoms with Crippen LogP contribution in [0.15, 0.2) is 41.3 Å². The number of fused-ring (bicyclic) bond motifs is 1. The Kier molecular flexibility index (Phi) is 3.67. The van der Waals surface area contributed by atoms with Crippen molar-refractivity contribution in [2.24, 2.45) is 0 Å². The zero-order chi connectivity index (χ0) is 13.2. The van der Waals surface area contributed by atoms with E-state index in [1.165, 1.54) is 23.8 Å². The number of rotatable bonds is 3. The number of benzene rings is 2. The topological polar surface area (TPSA) is 29.1 Å². The van der Waals surface area contributed by atoms with E-state index in [-0.39, 0.29) is 0 Å². The van der Waals surface area contributed by atoms with Crippen LogP contribution >= 0.6 is 0 Å². The largest absolute Gasteiger partial charge is 0.237 e. The molecule has 2 aromatic carbocycles. The van der Waals surface area contributed by atoms with Gasteiger partial charge in [-0.15, -0.1) is 0 Å². The lowest BCUT2D eigenvalue weighted by molar-refractivity contribution is 0.617. The summed E-state index contributed by atoms with van der Waals surface area (Å²) in [5, 5.41) is 2.30. The molecule has 1 fully saturated rings. The van der Waals surface area contributed by atoms with Gasteiger partial charge in [-0.25, -0.2) is 8.93 Å². The zero-order valence-electron chi connectivity index (χ0n) is 11.2. The Bertz CT molecular complexity index is 617. The van der Waals surface area contributed by atoms with Gasteiger partial charge in [0, 0.05) is 6.04 Å². The second-order valence-corrected chi connectivity index (χ2v) is 6.51. The van der Waals surface area contributed by atoms with Crippen molar-refractivity contribution in [1.29, 1.82) is 0 Å². The average Bonchev–Trinajstić information content (AvgIpc) is 2.92. The van der Waals surface area contributed by atoms with Gasteiger partial charge in [0.2, 0.25) is 0 Å². The van der Waals surface area contributed by atoms with Crippen LogP contribution in [0.3, 0.4) is 0 Å². The van der Waals surface area contributed by atoms with Crippen molar-refractivity contribution in [3.05, 3.63) is 42.0 Å². The van der Waals surface area contributed by atoms with Crippen LogP contribution < -0.4 is 4.72 Å². The minimum Gasteiger partial charge on any atom is -0.237 e. The predicted molar refractivity (Wildman–Crippen MR) is 80.5 cm³/mol. The Hall–Kier alpha value is -1.19. The molecule has 1 saturated carbocycles. The normalized spacial score (nSPS) is 17.9. The molecule has 100 valence electrons. The van der Waals surface area contributed by atoms with Gasteiger partial charge in [-0.1, -0.05) is 43.2 Å². The van der Waals surface area contributed by atoms with Crippen molar-refractivity contribution in [3.8, 4) is 0 Å². The summed E-state index contributed by atoms with van der Waals surface area (Å²) in [6.45, 7) is 2.10.